The maximum atomic E-state index is 13.0. The van der Waals surface area contributed by atoms with Gasteiger partial charge >= 0.3 is 5.97 Å². The summed E-state index contributed by atoms with van der Waals surface area (Å²) in [5.74, 6) is -0.244. The lowest BCUT2D eigenvalue weighted by Gasteiger charge is -2.39. The lowest BCUT2D eigenvalue weighted by Crippen LogP contribution is -2.41. The number of hydrogen-bond acceptors (Lipinski definition) is 2. The van der Waals surface area contributed by atoms with Gasteiger partial charge in [0.1, 0.15) is 5.60 Å². The van der Waals surface area contributed by atoms with Gasteiger partial charge in [-0.15, -0.1) is 12.3 Å². The van der Waals surface area contributed by atoms with Crippen molar-refractivity contribution < 1.29 is 18.3 Å². The first-order valence-electron chi connectivity index (χ1n) is 5.68. The molecule has 0 amide bonds. The molecule has 4 heteroatoms. The number of carbonyl (C=O) groups is 1. The summed E-state index contributed by atoms with van der Waals surface area (Å²) < 4.78 is 31.1. The molecule has 1 saturated carbocycles. The summed E-state index contributed by atoms with van der Waals surface area (Å²) in [7, 11) is 0. The van der Waals surface area contributed by atoms with Crippen LogP contribution in [0.3, 0.4) is 0 Å². The highest BCUT2D eigenvalue weighted by atomic mass is 19.2. The van der Waals surface area contributed by atoms with Gasteiger partial charge in [-0.2, -0.15) is 0 Å². The number of hydrogen-bond donors (Lipinski definition) is 0. The summed E-state index contributed by atoms with van der Waals surface area (Å²) in [6.45, 7) is 0. The average Bonchev–Trinajstić information content (AvgIpc) is 2.30. The van der Waals surface area contributed by atoms with Crippen LogP contribution >= 0.6 is 0 Å². The molecule has 18 heavy (non-hydrogen) atoms. The molecular weight excluding hydrogens is 238 g/mol. The molecule has 0 spiro atoms. The first-order chi connectivity index (χ1) is 8.56. The fraction of sp³-hybridized carbons (Fsp3) is 0.357. The van der Waals surface area contributed by atoms with Gasteiger partial charge in [-0.1, -0.05) is 0 Å². The quantitative estimate of drug-likeness (QED) is 0.608. The molecule has 0 aromatic heterocycles. The number of benzene rings is 1. The van der Waals surface area contributed by atoms with Gasteiger partial charge < -0.3 is 4.74 Å². The van der Waals surface area contributed by atoms with E-state index in [2.05, 4.69) is 5.92 Å². The minimum absolute atomic E-state index is 0.00260. The second-order valence-electron chi connectivity index (χ2n) is 4.44. The molecule has 0 saturated heterocycles. The first-order valence-corrected chi connectivity index (χ1v) is 5.68. The van der Waals surface area contributed by atoms with Crippen LogP contribution in [-0.4, -0.2) is 11.6 Å². The molecule has 0 bridgehead atoms. The standard InChI is InChI=1S/C14H12F2O2/c1-2-6-14(7-3-8-14)18-13(17)10-4-5-11(15)12(16)9-10/h1,4-5,9H,3,6-8H2. The first kappa shape index (κ1) is 12.6. The van der Waals surface area contributed by atoms with E-state index in [0.717, 1.165) is 18.6 Å². The van der Waals surface area contributed by atoms with Crippen molar-refractivity contribution in [2.24, 2.45) is 0 Å². The molecule has 1 aliphatic rings. The smallest absolute Gasteiger partial charge is 0.338 e. The van der Waals surface area contributed by atoms with Crippen molar-refractivity contribution in [3.63, 3.8) is 0 Å². The fourth-order valence-electron chi connectivity index (χ4n) is 1.95. The zero-order valence-electron chi connectivity index (χ0n) is 9.71. The summed E-state index contributed by atoms with van der Waals surface area (Å²) >= 11 is 0. The Morgan fingerprint density at radius 2 is 2.11 bits per heavy atom. The van der Waals surface area contributed by atoms with Gasteiger partial charge in [0.2, 0.25) is 0 Å². The molecule has 0 N–H and O–H groups in total. The second-order valence-corrected chi connectivity index (χ2v) is 4.44. The largest absolute Gasteiger partial charge is 0.454 e. The summed E-state index contributed by atoms with van der Waals surface area (Å²) in [5.41, 5.74) is -0.617. The van der Waals surface area contributed by atoms with Crippen molar-refractivity contribution in [1.82, 2.24) is 0 Å². The molecule has 0 atom stereocenters. The third-order valence-corrected chi connectivity index (χ3v) is 3.15. The Bertz CT molecular complexity index is 513. The van der Waals surface area contributed by atoms with Crippen LogP contribution in [0, 0.1) is 24.0 Å². The number of ether oxygens (including phenoxy) is 1. The van der Waals surface area contributed by atoms with Crippen LogP contribution in [0.4, 0.5) is 8.78 Å². The fourth-order valence-corrected chi connectivity index (χ4v) is 1.95. The van der Waals surface area contributed by atoms with E-state index in [0.29, 0.717) is 19.3 Å². The molecule has 1 fully saturated rings. The van der Waals surface area contributed by atoms with Gasteiger partial charge in [0.15, 0.2) is 11.6 Å². The average molecular weight is 250 g/mol. The molecule has 1 aromatic carbocycles. The molecule has 0 heterocycles. The number of esters is 1. The van der Waals surface area contributed by atoms with Crippen molar-refractivity contribution in [1.29, 1.82) is 0 Å². The monoisotopic (exact) mass is 250 g/mol. The van der Waals surface area contributed by atoms with Crippen molar-refractivity contribution in [3.05, 3.63) is 35.4 Å². The van der Waals surface area contributed by atoms with Crippen molar-refractivity contribution in [2.45, 2.75) is 31.3 Å². The SMILES string of the molecule is C#CCC1(OC(=O)c2ccc(F)c(F)c2)CCC1. The van der Waals surface area contributed by atoms with E-state index in [-0.39, 0.29) is 5.56 Å². The lowest BCUT2D eigenvalue weighted by molar-refractivity contribution is -0.0587. The maximum absolute atomic E-state index is 13.0. The van der Waals surface area contributed by atoms with Gasteiger partial charge in [0.25, 0.3) is 0 Å². The molecule has 2 nitrogen and oxygen atoms in total. The maximum Gasteiger partial charge on any atom is 0.338 e. The zero-order chi connectivity index (χ0) is 13.2. The minimum atomic E-state index is -1.07. The van der Waals surface area contributed by atoms with Crippen LogP contribution in [0.25, 0.3) is 0 Å². The number of carbonyl (C=O) groups excluding carboxylic acids is 1. The molecule has 1 aliphatic carbocycles. The highest BCUT2D eigenvalue weighted by Crippen LogP contribution is 2.39. The van der Waals surface area contributed by atoms with Crippen LogP contribution in [0.15, 0.2) is 18.2 Å². The van der Waals surface area contributed by atoms with E-state index < -0.39 is 23.2 Å². The van der Waals surface area contributed by atoms with E-state index in [1.807, 2.05) is 0 Å². The summed E-state index contributed by atoms with van der Waals surface area (Å²) in [6, 6.07) is 2.93. The normalized spacial score (nSPS) is 16.5. The van der Waals surface area contributed by atoms with E-state index in [1.165, 1.54) is 6.07 Å². The number of rotatable bonds is 3. The molecular formula is C14H12F2O2. The summed E-state index contributed by atoms with van der Waals surface area (Å²) in [6.07, 6.45) is 7.96. The highest BCUT2D eigenvalue weighted by Gasteiger charge is 2.40. The van der Waals surface area contributed by atoms with Gasteiger partial charge in [-0.3, -0.25) is 0 Å². The van der Waals surface area contributed by atoms with Gasteiger partial charge in [0.05, 0.1) is 5.56 Å². The predicted octanol–water partition coefficient (Wildman–Crippen LogP) is 3.07. The van der Waals surface area contributed by atoms with Gasteiger partial charge in [-0.05, 0) is 37.5 Å². The Hall–Kier alpha value is -1.89. The molecule has 1 aromatic rings. The van der Waals surface area contributed by atoms with Crippen LogP contribution in [0.5, 0.6) is 0 Å². The molecule has 94 valence electrons. The van der Waals surface area contributed by atoms with Crippen molar-refractivity contribution >= 4 is 5.97 Å². The Morgan fingerprint density at radius 1 is 1.39 bits per heavy atom. The Labute approximate surface area is 104 Å². The zero-order valence-corrected chi connectivity index (χ0v) is 9.71. The third-order valence-electron chi connectivity index (χ3n) is 3.15. The van der Waals surface area contributed by atoms with Crippen LogP contribution in [0.1, 0.15) is 36.0 Å². The Morgan fingerprint density at radius 3 is 2.61 bits per heavy atom. The van der Waals surface area contributed by atoms with E-state index in [9.17, 15) is 13.6 Å². The summed E-state index contributed by atoms with van der Waals surface area (Å²) in [4.78, 5) is 11.8. The van der Waals surface area contributed by atoms with Gasteiger partial charge in [-0.25, -0.2) is 13.6 Å². The molecule has 0 aliphatic heterocycles. The minimum Gasteiger partial charge on any atom is -0.454 e. The number of halogens is 2. The Balaban J connectivity index is 2.12. The predicted molar refractivity (Wildman–Crippen MR) is 61.8 cm³/mol. The van der Waals surface area contributed by atoms with E-state index in [1.54, 1.807) is 0 Å². The van der Waals surface area contributed by atoms with E-state index in [4.69, 9.17) is 11.2 Å². The Kier molecular flexibility index (Phi) is 3.33. The summed E-state index contributed by atoms with van der Waals surface area (Å²) in [5, 5.41) is 0. The molecule has 0 unspecified atom stereocenters. The van der Waals surface area contributed by atoms with Crippen LogP contribution < -0.4 is 0 Å². The third kappa shape index (κ3) is 2.35. The van der Waals surface area contributed by atoms with E-state index >= 15 is 0 Å². The molecule has 0 radical (unpaired) electrons. The molecule has 2 rings (SSSR count). The van der Waals surface area contributed by atoms with Crippen molar-refractivity contribution in [3.8, 4) is 12.3 Å². The lowest BCUT2D eigenvalue weighted by atomic mass is 9.77. The topological polar surface area (TPSA) is 26.3 Å². The van der Waals surface area contributed by atoms with Gasteiger partial charge in [0, 0.05) is 6.42 Å². The second kappa shape index (κ2) is 4.77. The van der Waals surface area contributed by atoms with Crippen LogP contribution in [-0.2, 0) is 4.74 Å². The van der Waals surface area contributed by atoms with Crippen LogP contribution in [0.2, 0.25) is 0 Å². The van der Waals surface area contributed by atoms with Crippen molar-refractivity contribution in [2.75, 3.05) is 0 Å². The highest BCUT2D eigenvalue weighted by molar-refractivity contribution is 5.89. The number of terminal acetylenes is 1.